The lowest BCUT2D eigenvalue weighted by molar-refractivity contribution is -0.223. The van der Waals surface area contributed by atoms with Crippen molar-refractivity contribution < 1.29 is 38.4 Å². The SMILES string of the molecule is C#CC(ONOC(=O)C(=O)ONOC(C#C)c1cccc(OC)c1)c1cccc(OC)c1. The number of terminal acetylenes is 2. The molecule has 0 fully saturated rings. The molecule has 32 heavy (non-hydrogen) atoms. The molecule has 166 valence electrons. The fraction of sp³-hybridized carbons (Fsp3) is 0.182. The van der Waals surface area contributed by atoms with Crippen LogP contribution in [0.3, 0.4) is 0 Å². The molecule has 0 saturated heterocycles. The molecule has 2 aromatic rings. The Balaban J connectivity index is 1.78. The predicted octanol–water partition coefficient (Wildman–Crippen LogP) is 1.71. The van der Waals surface area contributed by atoms with E-state index in [0.717, 1.165) is 0 Å². The first-order valence-electron chi connectivity index (χ1n) is 8.95. The van der Waals surface area contributed by atoms with E-state index >= 15 is 0 Å². The van der Waals surface area contributed by atoms with Gasteiger partial charge in [0.05, 0.1) is 14.2 Å². The van der Waals surface area contributed by atoms with E-state index in [1.165, 1.54) is 14.2 Å². The minimum atomic E-state index is -1.44. The average molecular weight is 440 g/mol. The van der Waals surface area contributed by atoms with Crippen LogP contribution >= 0.6 is 0 Å². The maximum atomic E-state index is 11.7. The zero-order chi connectivity index (χ0) is 23.3. The third-order valence-corrected chi connectivity index (χ3v) is 3.86. The van der Waals surface area contributed by atoms with E-state index in [-0.39, 0.29) is 0 Å². The van der Waals surface area contributed by atoms with E-state index in [2.05, 4.69) is 21.5 Å². The number of methoxy groups -OCH3 is 2. The van der Waals surface area contributed by atoms with Crippen LogP contribution in [0.1, 0.15) is 23.3 Å². The van der Waals surface area contributed by atoms with Crippen molar-refractivity contribution in [3.05, 3.63) is 59.7 Å². The summed E-state index contributed by atoms with van der Waals surface area (Å²) in [6, 6.07) is 13.5. The molecule has 10 heteroatoms. The van der Waals surface area contributed by atoms with Crippen LogP contribution < -0.4 is 20.8 Å². The summed E-state index contributed by atoms with van der Waals surface area (Å²) in [5.74, 6) is 2.90. The van der Waals surface area contributed by atoms with Gasteiger partial charge in [0.15, 0.2) is 12.2 Å². The largest absolute Gasteiger partial charge is 0.497 e. The van der Waals surface area contributed by atoms with Gasteiger partial charge in [-0.05, 0) is 46.7 Å². The van der Waals surface area contributed by atoms with Gasteiger partial charge >= 0.3 is 11.9 Å². The van der Waals surface area contributed by atoms with Gasteiger partial charge in [0.25, 0.3) is 0 Å². The first-order valence-corrected chi connectivity index (χ1v) is 8.95. The topological polar surface area (TPSA) is 114 Å². The van der Waals surface area contributed by atoms with Crippen molar-refractivity contribution in [2.45, 2.75) is 12.2 Å². The highest BCUT2D eigenvalue weighted by Gasteiger charge is 2.21. The number of hydrogen-bond acceptors (Lipinski definition) is 10. The standard InChI is InChI=1S/C22H20N2O8/c1-5-19(15-9-7-11-17(13-15)27-3)29-23-31-21(25)22(26)32-24-30-20(6-2)16-10-8-12-18(14-16)28-4/h1-2,7-14,19-20,23-24H,3-4H3. The Labute approximate surface area is 184 Å². The molecule has 0 spiro atoms. The first kappa shape index (κ1) is 24.2. The second-order valence-electron chi connectivity index (χ2n) is 5.83. The fourth-order valence-electron chi connectivity index (χ4n) is 2.31. The van der Waals surface area contributed by atoms with Crippen LogP contribution in [0.15, 0.2) is 48.5 Å². The highest BCUT2D eigenvalue weighted by Crippen LogP contribution is 2.21. The Bertz CT molecular complexity index is 930. The lowest BCUT2D eigenvalue weighted by Crippen LogP contribution is -2.32. The van der Waals surface area contributed by atoms with Gasteiger partial charge in [0.2, 0.25) is 0 Å². The van der Waals surface area contributed by atoms with Gasteiger partial charge in [0, 0.05) is 0 Å². The summed E-state index contributed by atoms with van der Waals surface area (Å²) in [7, 11) is 2.99. The number of benzene rings is 2. The van der Waals surface area contributed by atoms with Gasteiger partial charge in [0.1, 0.15) is 11.5 Å². The highest BCUT2D eigenvalue weighted by atomic mass is 16.9. The Morgan fingerprint density at radius 1 is 0.781 bits per heavy atom. The van der Waals surface area contributed by atoms with E-state index < -0.39 is 24.1 Å². The monoisotopic (exact) mass is 440 g/mol. The molecular formula is C22H20N2O8. The molecule has 2 aromatic carbocycles. The molecule has 0 heterocycles. The van der Waals surface area contributed by atoms with Crippen molar-refractivity contribution in [3.63, 3.8) is 0 Å². The Morgan fingerprint density at radius 3 is 1.53 bits per heavy atom. The van der Waals surface area contributed by atoms with Crippen molar-refractivity contribution in [2.24, 2.45) is 0 Å². The van der Waals surface area contributed by atoms with Gasteiger partial charge in [-0.15, -0.1) is 12.8 Å². The summed E-state index contributed by atoms with van der Waals surface area (Å²) >= 11 is 0. The second-order valence-corrected chi connectivity index (χ2v) is 5.83. The summed E-state index contributed by atoms with van der Waals surface area (Å²) in [6.45, 7) is 0. The Morgan fingerprint density at radius 2 is 1.19 bits per heavy atom. The fourth-order valence-corrected chi connectivity index (χ4v) is 2.31. The van der Waals surface area contributed by atoms with Crippen molar-refractivity contribution in [1.82, 2.24) is 11.3 Å². The minimum absolute atomic E-state index is 0.547. The number of rotatable bonds is 10. The molecule has 2 rings (SSSR count). The Hall–Kier alpha value is -4.06. The van der Waals surface area contributed by atoms with Gasteiger partial charge in [-0.25, -0.2) is 19.3 Å². The molecule has 0 bridgehead atoms. The van der Waals surface area contributed by atoms with Crippen LogP contribution in [-0.2, 0) is 28.9 Å². The summed E-state index contributed by atoms with van der Waals surface area (Å²) in [5.41, 5.74) is 4.80. The third kappa shape index (κ3) is 7.02. The van der Waals surface area contributed by atoms with Crippen LogP contribution in [0, 0.1) is 24.7 Å². The van der Waals surface area contributed by atoms with Gasteiger partial charge < -0.3 is 19.1 Å². The van der Waals surface area contributed by atoms with Crippen molar-refractivity contribution in [1.29, 1.82) is 0 Å². The van der Waals surface area contributed by atoms with E-state index in [9.17, 15) is 9.59 Å². The lowest BCUT2D eigenvalue weighted by atomic mass is 10.1. The molecule has 0 aliphatic carbocycles. The lowest BCUT2D eigenvalue weighted by Gasteiger charge is -2.14. The number of hydrogen-bond donors (Lipinski definition) is 2. The first-order chi connectivity index (χ1) is 15.5. The maximum absolute atomic E-state index is 11.7. The van der Waals surface area contributed by atoms with Crippen LogP contribution in [-0.4, -0.2) is 26.2 Å². The number of carbonyl (C=O) groups excluding carboxylic acids is 2. The van der Waals surface area contributed by atoms with E-state index in [1.807, 2.05) is 11.3 Å². The van der Waals surface area contributed by atoms with Crippen molar-refractivity contribution in [3.8, 4) is 36.2 Å². The molecule has 0 amide bonds. The van der Waals surface area contributed by atoms with Crippen molar-refractivity contribution >= 4 is 11.9 Å². The minimum Gasteiger partial charge on any atom is -0.497 e. The van der Waals surface area contributed by atoms with Gasteiger partial charge in [-0.1, -0.05) is 36.1 Å². The summed E-state index contributed by atoms with van der Waals surface area (Å²) in [6.07, 6.45) is 8.94. The number of nitrogens with one attached hydrogen (secondary N) is 2. The zero-order valence-corrected chi connectivity index (χ0v) is 17.2. The molecule has 2 atom stereocenters. The third-order valence-electron chi connectivity index (χ3n) is 3.86. The summed E-state index contributed by atoms with van der Waals surface area (Å²) in [4.78, 5) is 42.4. The maximum Gasteiger partial charge on any atom is 0.439 e. The van der Waals surface area contributed by atoms with Gasteiger partial charge in [-0.2, -0.15) is 0 Å². The van der Waals surface area contributed by atoms with E-state index in [1.54, 1.807) is 48.5 Å². The second kappa shape index (κ2) is 12.6. The molecule has 2 unspecified atom stereocenters. The van der Waals surface area contributed by atoms with Crippen molar-refractivity contribution in [2.75, 3.05) is 14.2 Å². The average Bonchev–Trinajstić information content (AvgIpc) is 2.84. The molecule has 0 aromatic heterocycles. The number of ether oxygens (including phenoxy) is 2. The summed E-state index contributed by atoms with van der Waals surface area (Å²) in [5, 5.41) is 0. The highest BCUT2D eigenvalue weighted by molar-refractivity contribution is 6.29. The molecule has 10 nitrogen and oxygen atoms in total. The number of carbonyl (C=O) groups is 2. The van der Waals surface area contributed by atoms with Crippen LogP contribution in [0.25, 0.3) is 0 Å². The molecule has 2 N–H and O–H groups in total. The molecule has 0 aliphatic heterocycles. The quantitative estimate of drug-likeness (QED) is 0.322. The Kier molecular flexibility index (Phi) is 9.53. The molecule has 0 radical (unpaired) electrons. The smallest absolute Gasteiger partial charge is 0.439 e. The van der Waals surface area contributed by atoms with Crippen LogP contribution in [0.2, 0.25) is 0 Å². The zero-order valence-electron chi connectivity index (χ0n) is 17.2. The van der Waals surface area contributed by atoms with E-state index in [0.29, 0.717) is 22.6 Å². The normalized spacial score (nSPS) is 11.9. The predicted molar refractivity (Wildman–Crippen MR) is 110 cm³/mol. The van der Waals surface area contributed by atoms with Crippen LogP contribution in [0.4, 0.5) is 0 Å². The van der Waals surface area contributed by atoms with E-state index in [4.69, 9.17) is 32.0 Å². The van der Waals surface area contributed by atoms with Gasteiger partial charge in [-0.3, -0.25) is 0 Å². The molecule has 0 saturated carbocycles. The summed E-state index contributed by atoms with van der Waals surface area (Å²) < 4.78 is 10.2. The van der Waals surface area contributed by atoms with Crippen LogP contribution in [0.5, 0.6) is 11.5 Å². The molecular weight excluding hydrogens is 420 g/mol. The molecule has 0 aliphatic rings.